The van der Waals surface area contributed by atoms with E-state index in [2.05, 4.69) is 15.2 Å². The fraction of sp³-hybridized carbons (Fsp3) is 0.444. The van der Waals surface area contributed by atoms with Gasteiger partial charge < -0.3 is 10.2 Å². The van der Waals surface area contributed by atoms with Crippen LogP contribution in [0.15, 0.2) is 30.5 Å². The van der Waals surface area contributed by atoms with Crippen molar-refractivity contribution in [2.45, 2.75) is 12.5 Å². The summed E-state index contributed by atoms with van der Waals surface area (Å²) in [6.45, 7) is 5.82. The third kappa shape index (κ3) is 4.07. The maximum Gasteiger partial charge on any atom is 0.256 e. The van der Waals surface area contributed by atoms with E-state index in [1.54, 1.807) is 18.3 Å². The number of carbonyl (C=O) groups is 1. The van der Waals surface area contributed by atoms with Crippen LogP contribution in [0.1, 0.15) is 16.8 Å². The van der Waals surface area contributed by atoms with Crippen LogP contribution >= 0.6 is 36.4 Å². The number of rotatable bonds is 2. The zero-order valence-corrected chi connectivity index (χ0v) is 16.7. The van der Waals surface area contributed by atoms with Crippen molar-refractivity contribution in [3.8, 4) is 0 Å². The van der Waals surface area contributed by atoms with Crippen LogP contribution in [0.5, 0.6) is 0 Å². The Morgan fingerprint density at radius 1 is 1.15 bits per heavy atom. The van der Waals surface area contributed by atoms with Crippen molar-refractivity contribution in [3.05, 3.63) is 41.0 Å². The lowest BCUT2D eigenvalue weighted by molar-refractivity contribution is 0.0775. The molecule has 26 heavy (non-hydrogen) atoms. The third-order valence-electron chi connectivity index (χ3n) is 5.07. The molecule has 2 aliphatic rings. The van der Waals surface area contributed by atoms with Gasteiger partial charge in [0.15, 0.2) is 0 Å². The maximum absolute atomic E-state index is 13.0. The minimum Gasteiger partial charge on any atom is -0.337 e. The van der Waals surface area contributed by atoms with E-state index in [1.165, 1.54) is 0 Å². The number of nitrogens with one attached hydrogen (secondary N) is 1. The minimum absolute atomic E-state index is 0. The Labute approximate surface area is 170 Å². The smallest absolute Gasteiger partial charge is 0.256 e. The van der Waals surface area contributed by atoms with E-state index in [0.717, 1.165) is 51.1 Å². The van der Waals surface area contributed by atoms with Crippen LogP contribution in [0.3, 0.4) is 0 Å². The highest BCUT2D eigenvalue weighted by Gasteiger charge is 2.32. The van der Waals surface area contributed by atoms with Gasteiger partial charge >= 0.3 is 0 Å². The van der Waals surface area contributed by atoms with Gasteiger partial charge in [0.05, 0.1) is 16.1 Å². The molecule has 2 aromatic rings. The molecular formula is C18H23Cl3N4O. The summed E-state index contributed by atoms with van der Waals surface area (Å²) in [5.74, 6) is 0.0630. The first-order chi connectivity index (χ1) is 11.7. The number of aromatic nitrogens is 1. The van der Waals surface area contributed by atoms with Gasteiger partial charge in [-0.25, -0.2) is 0 Å². The zero-order chi connectivity index (χ0) is 16.5. The predicted molar refractivity (Wildman–Crippen MR) is 110 cm³/mol. The lowest BCUT2D eigenvalue weighted by atomic mass is 10.1. The molecule has 8 heteroatoms. The molecule has 0 aliphatic carbocycles. The Hall–Kier alpha value is -1.11. The van der Waals surface area contributed by atoms with Crippen molar-refractivity contribution in [1.82, 2.24) is 20.1 Å². The summed E-state index contributed by atoms with van der Waals surface area (Å²) in [6.07, 6.45) is 2.76. The second kappa shape index (κ2) is 9.20. The lowest BCUT2D eigenvalue weighted by Gasteiger charge is -2.32. The molecule has 0 radical (unpaired) electrons. The molecule has 0 spiro atoms. The maximum atomic E-state index is 13.0. The number of benzene rings is 1. The highest BCUT2D eigenvalue weighted by Crippen LogP contribution is 2.27. The molecule has 1 atom stereocenters. The summed E-state index contributed by atoms with van der Waals surface area (Å²) in [7, 11) is 0. The molecule has 0 saturated carbocycles. The summed E-state index contributed by atoms with van der Waals surface area (Å²) < 4.78 is 0. The van der Waals surface area contributed by atoms with Crippen LogP contribution in [-0.4, -0.2) is 66.0 Å². The van der Waals surface area contributed by atoms with Crippen molar-refractivity contribution in [2.75, 3.05) is 39.3 Å². The molecule has 0 bridgehead atoms. The molecule has 1 amide bonds. The number of carbonyl (C=O) groups excluding carboxylic acids is 1. The van der Waals surface area contributed by atoms with Gasteiger partial charge in [0, 0.05) is 56.9 Å². The van der Waals surface area contributed by atoms with Gasteiger partial charge in [-0.1, -0.05) is 11.6 Å². The van der Waals surface area contributed by atoms with Gasteiger partial charge in [0.1, 0.15) is 0 Å². The minimum atomic E-state index is 0. The Kier molecular flexibility index (Phi) is 7.50. The van der Waals surface area contributed by atoms with E-state index in [1.807, 2.05) is 17.0 Å². The van der Waals surface area contributed by atoms with Crippen LogP contribution in [0, 0.1) is 0 Å². The Morgan fingerprint density at radius 2 is 1.92 bits per heavy atom. The molecule has 2 fully saturated rings. The highest BCUT2D eigenvalue weighted by atomic mass is 35.5. The van der Waals surface area contributed by atoms with Crippen LogP contribution in [0.4, 0.5) is 0 Å². The number of pyridine rings is 1. The second-order valence-corrected chi connectivity index (χ2v) is 6.88. The number of halogens is 3. The normalized spacial score (nSPS) is 20.5. The molecule has 1 aromatic heterocycles. The van der Waals surface area contributed by atoms with E-state index < -0.39 is 0 Å². The fourth-order valence-electron chi connectivity index (χ4n) is 3.75. The number of piperazine rings is 1. The van der Waals surface area contributed by atoms with Gasteiger partial charge in [-0.05, 0) is 30.7 Å². The Morgan fingerprint density at radius 3 is 2.69 bits per heavy atom. The molecule has 2 saturated heterocycles. The molecule has 2 aliphatic heterocycles. The largest absolute Gasteiger partial charge is 0.337 e. The monoisotopic (exact) mass is 416 g/mol. The molecular weight excluding hydrogens is 395 g/mol. The molecule has 1 aromatic carbocycles. The second-order valence-electron chi connectivity index (χ2n) is 6.47. The molecule has 142 valence electrons. The van der Waals surface area contributed by atoms with Gasteiger partial charge in [-0.15, -0.1) is 24.8 Å². The summed E-state index contributed by atoms with van der Waals surface area (Å²) >= 11 is 6.24. The summed E-state index contributed by atoms with van der Waals surface area (Å²) in [4.78, 5) is 21.9. The van der Waals surface area contributed by atoms with Gasteiger partial charge in [0.25, 0.3) is 5.91 Å². The summed E-state index contributed by atoms with van der Waals surface area (Å²) in [5.41, 5.74) is 1.34. The van der Waals surface area contributed by atoms with Crippen LogP contribution < -0.4 is 5.32 Å². The number of amides is 1. The van der Waals surface area contributed by atoms with Crippen LogP contribution in [0.25, 0.3) is 10.9 Å². The van der Waals surface area contributed by atoms with Crippen LogP contribution in [0.2, 0.25) is 5.02 Å². The van der Waals surface area contributed by atoms with E-state index in [4.69, 9.17) is 11.6 Å². The van der Waals surface area contributed by atoms with Crippen molar-refractivity contribution in [3.63, 3.8) is 0 Å². The van der Waals surface area contributed by atoms with Crippen molar-refractivity contribution < 1.29 is 4.79 Å². The SMILES string of the molecule is Cl.Cl.O=C(c1ccc(Cl)c2cccnc12)N1CCC(N2CCNCC2)C1. The Balaban J connectivity index is 0.00000121. The van der Waals surface area contributed by atoms with E-state index in [0.29, 0.717) is 22.1 Å². The van der Waals surface area contributed by atoms with E-state index >= 15 is 0 Å². The Bertz CT molecular complexity index is 767. The number of nitrogens with zero attached hydrogens (tertiary/aromatic N) is 3. The average molecular weight is 418 g/mol. The molecule has 5 nitrogen and oxygen atoms in total. The lowest BCUT2D eigenvalue weighted by Crippen LogP contribution is -2.49. The predicted octanol–water partition coefficient (Wildman–Crippen LogP) is 2.85. The number of hydrogen-bond donors (Lipinski definition) is 1. The van der Waals surface area contributed by atoms with E-state index in [-0.39, 0.29) is 30.7 Å². The standard InChI is InChI=1S/C18H21ClN4O.2ClH/c19-16-4-3-15(17-14(16)2-1-6-21-17)18(24)23-9-5-13(12-23)22-10-7-20-8-11-22;;/h1-4,6,13,20H,5,7-12H2;2*1H. The first-order valence-corrected chi connectivity index (χ1v) is 8.89. The van der Waals surface area contributed by atoms with Crippen molar-refractivity contribution in [2.24, 2.45) is 0 Å². The number of hydrogen-bond acceptors (Lipinski definition) is 4. The van der Waals surface area contributed by atoms with Crippen molar-refractivity contribution >= 4 is 53.2 Å². The first-order valence-electron chi connectivity index (χ1n) is 8.51. The summed E-state index contributed by atoms with van der Waals surface area (Å²) in [5, 5.41) is 4.85. The third-order valence-corrected chi connectivity index (χ3v) is 5.40. The number of fused-ring (bicyclic) bond motifs is 1. The highest BCUT2D eigenvalue weighted by molar-refractivity contribution is 6.36. The topological polar surface area (TPSA) is 48.5 Å². The van der Waals surface area contributed by atoms with Gasteiger partial charge in [-0.3, -0.25) is 14.7 Å². The van der Waals surface area contributed by atoms with Crippen molar-refractivity contribution in [1.29, 1.82) is 0 Å². The molecule has 3 heterocycles. The average Bonchev–Trinajstić information content (AvgIpc) is 3.13. The van der Waals surface area contributed by atoms with Gasteiger partial charge in [0.2, 0.25) is 0 Å². The molecule has 4 rings (SSSR count). The first kappa shape index (κ1) is 21.2. The molecule has 1 N–H and O–H groups in total. The zero-order valence-electron chi connectivity index (χ0n) is 14.4. The van der Waals surface area contributed by atoms with E-state index in [9.17, 15) is 4.79 Å². The number of likely N-dealkylation sites (tertiary alicyclic amines) is 1. The molecule has 1 unspecified atom stereocenters. The summed E-state index contributed by atoms with van der Waals surface area (Å²) in [6, 6.07) is 7.83. The fourth-order valence-corrected chi connectivity index (χ4v) is 3.97. The van der Waals surface area contributed by atoms with Crippen LogP contribution in [-0.2, 0) is 0 Å². The quantitative estimate of drug-likeness (QED) is 0.816. The van der Waals surface area contributed by atoms with Gasteiger partial charge in [-0.2, -0.15) is 0 Å².